The van der Waals surface area contributed by atoms with Gasteiger partial charge in [0.05, 0.1) is 6.10 Å². The summed E-state index contributed by atoms with van der Waals surface area (Å²) < 4.78 is 0. The molecule has 3 fully saturated rings. The van der Waals surface area contributed by atoms with Crippen LogP contribution in [0.2, 0.25) is 0 Å². The van der Waals surface area contributed by atoms with Gasteiger partial charge in [-0.25, -0.2) is 0 Å². The normalized spacial score (nSPS) is 54.2. The molecule has 0 amide bonds. The second-order valence-corrected chi connectivity index (χ2v) is 9.67. The number of hydrogen-bond donors (Lipinski definition) is 1. The van der Waals surface area contributed by atoms with Crippen LogP contribution in [0.1, 0.15) is 79.1 Å². The Balaban J connectivity index is 1.75. The maximum atomic E-state index is 10.3. The molecule has 1 heteroatoms. The fourth-order valence-electron chi connectivity index (χ4n) is 7.19. The molecule has 0 aromatic rings. The number of allylic oxidation sites excluding steroid dienone is 4. The minimum absolute atomic E-state index is 0.0693. The lowest BCUT2D eigenvalue weighted by Crippen LogP contribution is -2.53. The molecule has 4 rings (SSSR count). The molecule has 4 aliphatic carbocycles. The molecule has 6 atom stereocenters. The van der Waals surface area contributed by atoms with Gasteiger partial charge in [0.15, 0.2) is 0 Å². The van der Waals surface area contributed by atoms with Gasteiger partial charge in [-0.15, -0.1) is 0 Å². The molecule has 0 spiro atoms. The number of fused-ring (bicyclic) bond motifs is 5. The van der Waals surface area contributed by atoms with E-state index in [1.165, 1.54) is 38.5 Å². The molecule has 3 saturated carbocycles. The summed E-state index contributed by atoms with van der Waals surface area (Å²) in [7, 11) is 0. The van der Waals surface area contributed by atoms with E-state index < -0.39 is 0 Å². The first-order valence-corrected chi connectivity index (χ1v) is 9.88. The lowest BCUT2D eigenvalue weighted by molar-refractivity contribution is -0.0672. The van der Waals surface area contributed by atoms with Crippen LogP contribution in [0.15, 0.2) is 23.3 Å². The lowest BCUT2D eigenvalue weighted by Gasteiger charge is -2.61. The van der Waals surface area contributed by atoms with E-state index in [4.69, 9.17) is 0 Å². The van der Waals surface area contributed by atoms with E-state index in [0.29, 0.717) is 16.2 Å². The molecule has 128 valence electrons. The van der Waals surface area contributed by atoms with Gasteiger partial charge in [0.2, 0.25) is 0 Å². The largest absolute Gasteiger partial charge is 0.393 e. The predicted molar refractivity (Wildman–Crippen MR) is 96.1 cm³/mol. The molecular weight excluding hydrogens is 280 g/mol. The summed E-state index contributed by atoms with van der Waals surface area (Å²) in [6.45, 7) is 9.77. The van der Waals surface area contributed by atoms with E-state index in [9.17, 15) is 5.11 Å². The Hall–Kier alpha value is -0.560. The van der Waals surface area contributed by atoms with Crippen LogP contribution in [0.4, 0.5) is 0 Å². The third-order valence-electron chi connectivity index (χ3n) is 8.90. The van der Waals surface area contributed by atoms with Crippen molar-refractivity contribution in [3.8, 4) is 0 Å². The summed E-state index contributed by atoms with van der Waals surface area (Å²) in [4.78, 5) is 0. The first-order chi connectivity index (χ1) is 10.8. The van der Waals surface area contributed by atoms with Gasteiger partial charge >= 0.3 is 0 Å². The van der Waals surface area contributed by atoms with E-state index in [1.54, 1.807) is 11.1 Å². The molecule has 0 radical (unpaired) electrons. The molecule has 0 aromatic heterocycles. The molecule has 23 heavy (non-hydrogen) atoms. The number of rotatable bonds is 0. The standard InChI is InChI=1S/C22H34O/c1-5-15-6-7-18-17-9-11-20(2)14-16(23)8-13-22(20,4)19(17)10-12-21(15,18)3/h5,10,16-18,23H,6-9,11-14H2,1-4H3/b15-5-/t16-,17?,18?,20?,21?,22?/m1/s1. The Bertz CT molecular complexity index is 573. The van der Waals surface area contributed by atoms with Gasteiger partial charge in [0, 0.05) is 0 Å². The van der Waals surface area contributed by atoms with E-state index in [1.807, 2.05) is 0 Å². The van der Waals surface area contributed by atoms with Crippen molar-refractivity contribution in [1.29, 1.82) is 0 Å². The molecule has 0 saturated heterocycles. The molecular formula is C22H34O. The maximum Gasteiger partial charge on any atom is 0.0546 e. The van der Waals surface area contributed by atoms with Crippen molar-refractivity contribution in [1.82, 2.24) is 0 Å². The molecule has 1 N–H and O–H groups in total. The second kappa shape index (κ2) is 4.97. The minimum atomic E-state index is -0.0693. The van der Waals surface area contributed by atoms with Crippen molar-refractivity contribution < 1.29 is 5.11 Å². The first-order valence-electron chi connectivity index (χ1n) is 9.88. The number of aliphatic hydroxyl groups is 1. The molecule has 1 nitrogen and oxygen atoms in total. The highest BCUT2D eigenvalue weighted by Crippen LogP contribution is 2.68. The van der Waals surface area contributed by atoms with Gasteiger partial charge in [0.25, 0.3) is 0 Å². The van der Waals surface area contributed by atoms with Crippen molar-refractivity contribution in [2.45, 2.75) is 85.2 Å². The van der Waals surface area contributed by atoms with Crippen molar-refractivity contribution in [3.63, 3.8) is 0 Å². The van der Waals surface area contributed by atoms with Crippen LogP contribution in [0, 0.1) is 28.1 Å². The van der Waals surface area contributed by atoms with Crippen molar-refractivity contribution >= 4 is 0 Å². The van der Waals surface area contributed by atoms with Crippen LogP contribution in [-0.2, 0) is 0 Å². The van der Waals surface area contributed by atoms with Gasteiger partial charge in [-0.05, 0) is 86.4 Å². The molecule has 4 aliphatic rings. The second-order valence-electron chi connectivity index (χ2n) is 9.67. The fraction of sp³-hybridized carbons (Fsp3) is 0.818. The van der Waals surface area contributed by atoms with Gasteiger partial charge in [-0.2, -0.15) is 0 Å². The van der Waals surface area contributed by atoms with Gasteiger partial charge in [0.1, 0.15) is 0 Å². The fourth-order valence-corrected chi connectivity index (χ4v) is 7.19. The molecule has 5 unspecified atom stereocenters. The average Bonchev–Trinajstić information content (AvgIpc) is 2.85. The van der Waals surface area contributed by atoms with Crippen LogP contribution in [0.3, 0.4) is 0 Å². The summed E-state index contributed by atoms with van der Waals surface area (Å²) in [5, 5.41) is 10.3. The van der Waals surface area contributed by atoms with Crippen LogP contribution in [0.5, 0.6) is 0 Å². The maximum absolute atomic E-state index is 10.3. The monoisotopic (exact) mass is 314 g/mol. The van der Waals surface area contributed by atoms with E-state index in [-0.39, 0.29) is 6.10 Å². The van der Waals surface area contributed by atoms with Crippen LogP contribution in [0.25, 0.3) is 0 Å². The molecule has 0 aromatic carbocycles. The van der Waals surface area contributed by atoms with E-state index >= 15 is 0 Å². The number of hydrogen-bond acceptors (Lipinski definition) is 1. The summed E-state index contributed by atoms with van der Waals surface area (Å²) in [5.74, 6) is 1.67. The van der Waals surface area contributed by atoms with E-state index in [2.05, 4.69) is 39.8 Å². The predicted octanol–water partition coefficient (Wildman–Crippen LogP) is 5.65. The molecule has 0 bridgehead atoms. The van der Waals surface area contributed by atoms with Gasteiger partial charge < -0.3 is 5.11 Å². The Morgan fingerprint density at radius 2 is 1.91 bits per heavy atom. The zero-order chi connectivity index (χ0) is 16.5. The summed E-state index contributed by atoms with van der Waals surface area (Å²) in [6.07, 6.45) is 14.8. The number of aliphatic hydroxyl groups excluding tert-OH is 1. The highest BCUT2D eigenvalue weighted by molar-refractivity contribution is 5.35. The first kappa shape index (κ1) is 15.9. The smallest absolute Gasteiger partial charge is 0.0546 e. The zero-order valence-electron chi connectivity index (χ0n) is 15.5. The Labute approximate surface area is 142 Å². The van der Waals surface area contributed by atoms with Crippen molar-refractivity contribution in [2.75, 3.05) is 0 Å². The van der Waals surface area contributed by atoms with Crippen molar-refractivity contribution in [3.05, 3.63) is 23.3 Å². The summed E-state index contributed by atoms with van der Waals surface area (Å²) >= 11 is 0. The van der Waals surface area contributed by atoms with E-state index in [0.717, 1.165) is 24.7 Å². The van der Waals surface area contributed by atoms with Gasteiger partial charge in [-0.3, -0.25) is 0 Å². The topological polar surface area (TPSA) is 20.2 Å². The summed E-state index contributed by atoms with van der Waals surface area (Å²) in [5.41, 5.74) is 4.58. The Morgan fingerprint density at radius 3 is 2.65 bits per heavy atom. The quantitative estimate of drug-likeness (QED) is 0.573. The van der Waals surface area contributed by atoms with Crippen molar-refractivity contribution in [2.24, 2.45) is 28.1 Å². The third-order valence-corrected chi connectivity index (χ3v) is 8.90. The lowest BCUT2D eigenvalue weighted by atomic mass is 9.44. The molecule has 0 heterocycles. The third kappa shape index (κ3) is 1.95. The zero-order valence-corrected chi connectivity index (χ0v) is 15.5. The average molecular weight is 315 g/mol. The highest BCUT2D eigenvalue weighted by Gasteiger charge is 2.59. The minimum Gasteiger partial charge on any atom is -0.393 e. The highest BCUT2D eigenvalue weighted by atomic mass is 16.3. The molecule has 0 aliphatic heterocycles. The summed E-state index contributed by atoms with van der Waals surface area (Å²) in [6, 6.07) is 0. The van der Waals surface area contributed by atoms with Gasteiger partial charge in [-0.1, -0.05) is 44.1 Å². The van der Waals surface area contributed by atoms with Crippen LogP contribution >= 0.6 is 0 Å². The van der Waals surface area contributed by atoms with Crippen LogP contribution in [-0.4, -0.2) is 11.2 Å². The van der Waals surface area contributed by atoms with Crippen LogP contribution < -0.4 is 0 Å². The SMILES string of the molecule is C/C=C1/CCC2C3CCC4(C)C[C@H](O)CCC4(C)C3=CCC12C. The Kier molecular flexibility index (Phi) is 3.45. The Morgan fingerprint density at radius 1 is 1.13 bits per heavy atom.